The molecule has 1 atom stereocenters. The molecule has 3 heterocycles. The first-order valence-corrected chi connectivity index (χ1v) is 13.6. The number of carbonyl (C=O) groups is 1. The van der Waals surface area contributed by atoms with Crippen LogP contribution in [0.3, 0.4) is 0 Å². The van der Waals surface area contributed by atoms with Gasteiger partial charge < -0.3 is 15.0 Å². The lowest BCUT2D eigenvalue weighted by Gasteiger charge is -2.32. The van der Waals surface area contributed by atoms with E-state index in [1.54, 1.807) is 18.4 Å². The fourth-order valence-corrected chi connectivity index (χ4v) is 5.40. The number of rotatable bonds is 8. The van der Waals surface area contributed by atoms with E-state index in [1.165, 1.54) is 0 Å². The van der Waals surface area contributed by atoms with Crippen LogP contribution in [-0.4, -0.2) is 47.8 Å². The number of carbonyl (C=O) groups excluding carboxylic acids is 1. The maximum Gasteiger partial charge on any atom is 0.224 e. The fraction of sp³-hybridized carbons (Fsp3) is 0.286. The van der Waals surface area contributed by atoms with Gasteiger partial charge in [0.2, 0.25) is 5.91 Å². The average Bonchev–Trinajstić information content (AvgIpc) is 3.42. The molecule has 5 rings (SSSR count). The largest absolute Gasteiger partial charge is 0.497 e. The molecule has 37 heavy (non-hydrogen) atoms. The maximum absolute atomic E-state index is 12.9. The number of halogens is 1. The number of thiazole rings is 1. The summed E-state index contributed by atoms with van der Waals surface area (Å²) in [6.45, 7) is 2.07. The van der Waals surface area contributed by atoms with Crippen molar-refractivity contribution in [1.82, 2.24) is 20.5 Å². The molecule has 1 fully saturated rings. The molecule has 1 unspecified atom stereocenters. The lowest BCUT2D eigenvalue weighted by atomic mass is 9.97. The lowest BCUT2D eigenvalue weighted by Crippen LogP contribution is -2.43. The van der Waals surface area contributed by atoms with Crippen LogP contribution >= 0.6 is 22.9 Å². The highest BCUT2D eigenvalue weighted by molar-refractivity contribution is 7.13. The van der Waals surface area contributed by atoms with E-state index in [0.29, 0.717) is 24.5 Å². The van der Waals surface area contributed by atoms with E-state index >= 15 is 0 Å². The number of nitrogens with one attached hydrogen (secondary N) is 1. The Balaban J connectivity index is 1.12. The van der Waals surface area contributed by atoms with E-state index < -0.39 is 0 Å². The third-order valence-electron chi connectivity index (χ3n) is 6.48. The van der Waals surface area contributed by atoms with Gasteiger partial charge in [0.05, 0.1) is 24.4 Å². The molecule has 0 saturated carbocycles. The summed E-state index contributed by atoms with van der Waals surface area (Å²) in [5.41, 5.74) is 3.81. The van der Waals surface area contributed by atoms with Crippen molar-refractivity contribution in [2.24, 2.45) is 5.92 Å². The van der Waals surface area contributed by atoms with E-state index in [9.17, 15) is 4.79 Å². The van der Waals surface area contributed by atoms with Crippen LogP contribution in [0.15, 0.2) is 66.0 Å². The summed E-state index contributed by atoms with van der Waals surface area (Å²) in [6, 6.07) is 19.4. The number of benzene rings is 2. The Hall–Kier alpha value is -3.49. The molecule has 2 aromatic carbocycles. The van der Waals surface area contributed by atoms with Crippen LogP contribution in [-0.2, 0) is 11.2 Å². The summed E-state index contributed by atoms with van der Waals surface area (Å²) in [5.74, 6) is 1.63. The van der Waals surface area contributed by atoms with Crippen molar-refractivity contribution in [1.29, 1.82) is 0 Å². The Morgan fingerprint density at radius 3 is 2.59 bits per heavy atom. The van der Waals surface area contributed by atoms with E-state index in [0.717, 1.165) is 58.5 Å². The zero-order chi connectivity index (χ0) is 25.6. The minimum absolute atomic E-state index is 0.0724. The zero-order valence-corrected chi connectivity index (χ0v) is 22.1. The predicted molar refractivity (Wildman–Crippen MR) is 148 cm³/mol. The number of hydrogen-bond acceptors (Lipinski definition) is 7. The maximum atomic E-state index is 12.9. The van der Waals surface area contributed by atoms with Gasteiger partial charge in [0, 0.05) is 47.6 Å². The smallest absolute Gasteiger partial charge is 0.224 e. The third-order valence-corrected chi connectivity index (χ3v) is 7.67. The highest BCUT2D eigenvalue weighted by atomic mass is 35.5. The SMILES string of the molecule is COc1ccc(-c2nc(CCNC(=O)C3CCCN(c4ccc(-c5ccc(Cl)cc5)nn4)C3)cs2)cc1. The van der Waals surface area contributed by atoms with Crippen LogP contribution in [0.2, 0.25) is 5.02 Å². The first kappa shape index (κ1) is 25.2. The van der Waals surface area contributed by atoms with Gasteiger partial charge in [-0.15, -0.1) is 21.5 Å². The molecule has 190 valence electrons. The van der Waals surface area contributed by atoms with E-state index in [1.807, 2.05) is 60.7 Å². The van der Waals surface area contributed by atoms with Gasteiger partial charge >= 0.3 is 0 Å². The van der Waals surface area contributed by atoms with Crippen LogP contribution < -0.4 is 15.0 Å². The van der Waals surface area contributed by atoms with E-state index in [-0.39, 0.29) is 11.8 Å². The quantitative estimate of drug-likeness (QED) is 0.322. The molecule has 4 aromatic rings. The standard InChI is InChI=1S/C28H28ClN5O2S/c1-36-24-10-6-20(7-11-24)28-31-23(18-37-28)14-15-30-27(35)21-3-2-16-34(17-21)26-13-12-25(32-33-26)19-4-8-22(29)9-5-19/h4-13,18,21H,2-3,14-17H2,1H3,(H,30,35). The summed E-state index contributed by atoms with van der Waals surface area (Å²) in [5, 5.41) is 15.6. The van der Waals surface area contributed by atoms with Crippen molar-refractivity contribution >= 4 is 34.7 Å². The molecule has 2 aromatic heterocycles. The van der Waals surface area contributed by atoms with Crippen molar-refractivity contribution in [2.45, 2.75) is 19.3 Å². The van der Waals surface area contributed by atoms with E-state index in [4.69, 9.17) is 21.3 Å². The fourth-order valence-electron chi connectivity index (χ4n) is 4.41. The van der Waals surface area contributed by atoms with Crippen LogP contribution in [0.4, 0.5) is 5.82 Å². The highest BCUT2D eigenvalue weighted by Crippen LogP contribution is 2.26. The van der Waals surface area contributed by atoms with E-state index in [2.05, 4.69) is 25.8 Å². The molecule has 0 radical (unpaired) electrons. The minimum atomic E-state index is -0.0724. The Labute approximate surface area is 225 Å². The van der Waals surface area contributed by atoms with Crippen molar-refractivity contribution in [3.05, 3.63) is 76.8 Å². The summed E-state index contributed by atoms with van der Waals surface area (Å²) in [7, 11) is 1.66. The van der Waals surface area contributed by atoms with Gasteiger partial charge in [-0.05, 0) is 61.4 Å². The molecule has 1 N–H and O–H groups in total. The molecule has 0 bridgehead atoms. The summed E-state index contributed by atoms with van der Waals surface area (Å²) >= 11 is 7.59. The van der Waals surface area contributed by atoms with Crippen LogP contribution in [0.1, 0.15) is 18.5 Å². The van der Waals surface area contributed by atoms with Gasteiger partial charge in [-0.25, -0.2) is 4.98 Å². The summed E-state index contributed by atoms with van der Waals surface area (Å²) < 4.78 is 5.22. The van der Waals surface area contributed by atoms with Gasteiger partial charge in [-0.3, -0.25) is 4.79 Å². The van der Waals surface area contributed by atoms with Crippen LogP contribution in [0, 0.1) is 5.92 Å². The second-order valence-electron chi connectivity index (χ2n) is 8.98. The van der Waals surface area contributed by atoms with Crippen molar-refractivity contribution < 1.29 is 9.53 Å². The average molecular weight is 534 g/mol. The Morgan fingerprint density at radius 1 is 1.08 bits per heavy atom. The summed E-state index contributed by atoms with van der Waals surface area (Å²) in [4.78, 5) is 19.8. The van der Waals surface area contributed by atoms with Gasteiger partial charge in [0.15, 0.2) is 5.82 Å². The molecule has 1 saturated heterocycles. The molecule has 0 spiro atoms. The number of aromatic nitrogens is 3. The molecule has 1 aliphatic rings. The molecule has 7 nitrogen and oxygen atoms in total. The number of nitrogens with zero attached hydrogens (tertiary/aromatic N) is 4. The number of methoxy groups -OCH3 is 1. The minimum Gasteiger partial charge on any atom is -0.497 e. The predicted octanol–water partition coefficient (Wildman–Crippen LogP) is 5.50. The monoisotopic (exact) mass is 533 g/mol. The third kappa shape index (κ3) is 6.26. The topological polar surface area (TPSA) is 80.2 Å². The molecular weight excluding hydrogens is 506 g/mol. The first-order valence-electron chi connectivity index (χ1n) is 12.3. The normalized spacial score (nSPS) is 15.4. The second kappa shape index (κ2) is 11.7. The first-order chi connectivity index (χ1) is 18.1. The lowest BCUT2D eigenvalue weighted by molar-refractivity contribution is -0.125. The molecule has 1 amide bonds. The van der Waals surface area contributed by atoms with Crippen LogP contribution in [0.5, 0.6) is 5.75 Å². The number of piperidine rings is 1. The van der Waals surface area contributed by atoms with Crippen LogP contribution in [0.25, 0.3) is 21.8 Å². The number of ether oxygens (including phenoxy) is 1. The Morgan fingerprint density at radius 2 is 1.86 bits per heavy atom. The number of amides is 1. The Kier molecular flexibility index (Phi) is 7.96. The van der Waals surface area contributed by atoms with Crippen molar-refractivity contribution in [2.75, 3.05) is 31.6 Å². The highest BCUT2D eigenvalue weighted by Gasteiger charge is 2.26. The van der Waals surface area contributed by atoms with Crippen molar-refractivity contribution in [3.8, 4) is 27.6 Å². The van der Waals surface area contributed by atoms with Gasteiger partial charge in [-0.2, -0.15) is 0 Å². The zero-order valence-electron chi connectivity index (χ0n) is 20.6. The Bertz CT molecular complexity index is 1330. The molecular formula is C28H28ClN5O2S. The molecule has 0 aliphatic carbocycles. The molecule has 1 aliphatic heterocycles. The molecule has 9 heteroatoms. The van der Waals surface area contributed by atoms with Crippen molar-refractivity contribution in [3.63, 3.8) is 0 Å². The summed E-state index contributed by atoms with van der Waals surface area (Å²) in [6.07, 6.45) is 2.51. The second-order valence-corrected chi connectivity index (χ2v) is 10.3. The number of hydrogen-bond donors (Lipinski definition) is 1. The van der Waals surface area contributed by atoms with Gasteiger partial charge in [0.25, 0.3) is 0 Å². The number of anilines is 1. The van der Waals surface area contributed by atoms with Gasteiger partial charge in [-0.1, -0.05) is 23.7 Å². The van der Waals surface area contributed by atoms with Gasteiger partial charge in [0.1, 0.15) is 10.8 Å².